The molecular formula is C11H24. The van der Waals surface area contributed by atoms with E-state index in [1.165, 1.54) is 0 Å². The van der Waals surface area contributed by atoms with E-state index in [0.717, 1.165) is 25.7 Å². The van der Waals surface area contributed by atoms with Gasteiger partial charge in [-0.3, -0.25) is 0 Å². The number of hydrogen-bond acceptors (Lipinski definition) is 0. The predicted octanol–water partition coefficient (Wildman–Crippen LogP) is 4.31. The fraction of sp³-hybridized carbons (Fsp3) is 0.455. The fourth-order valence-corrected chi connectivity index (χ4v) is 0. The highest BCUT2D eigenvalue weighted by atomic mass is 13.6. The number of hydrogen-bond donors (Lipinski definition) is 0. The highest BCUT2D eigenvalue weighted by Gasteiger charge is 1.57. The van der Waals surface area contributed by atoms with Crippen molar-refractivity contribution in [1.29, 1.82) is 0 Å². The lowest BCUT2D eigenvalue weighted by Crippen LogP contribution is -1.49. The Balaban J connectivity index is -0.0000000339. The lowest BCUT2D eigenvalue weighted by atomic mass is 10.4. The first-order chi connectivity index (χ1) is 4.83. The van der Waals surface area contributed by atoms with Gasteiger partial charge in [-0.15, -0.1) is 26.0 Å². The Morgan fingerprint density at radius 1 is 0.909 bits per heavy atom. The van der Waals surface area contributed by atoms with E-state index >= 15 is 0 Å². The van der Waals surface area contributed by atoms with Gasteiger partial charge in [-0.25, -0.2) is 0 Å². The average Bonchev–Trinajstić information content (AvgIpc) is 2.08. The summed E-state index contributed by atoms with van der Waals surface area (Å²) < 4.78 is 0. The molecule has 0 bridgehead atoms. The molecule has 0 amide bonds. The number of rotatable bonds is 2. The Bertz CT molecular complexity index is 15.2. The van der Waals surface area contributed by atoms with Crippen molar-refractivity contribution in [2.24, 2.45) is 0 Å². The molecule has 0 aromatic rings. The van der Waals surface area contributed by atoms with Crippen LogP contribution in [0.3, 0.4) is 0 Å². The highest BCUT2D eigenvalue weighted by Crippen LogP contribution is 1.75. The standard InChI is InChI=1S/2C4H8.C2H4.CH4/c2*1-3-4-2;1-2;/h2*1-4H2;1-2H2;1H4. The van der Waals surface area contributed by atoms with Gasteiger partial charge in [0.15, 0.2) is 0 Å². The smallest absolute Gasteiger partial charge is 0.0587 e. The molecule has 0 radical (unpaired) electrons. The number of unbranched alkanes of at least 4 members (excludes halogenated alkanes) is 2. The minimum absolute atomic E-state index is 0. The molecule has 0 heteroatoms. The molecule has 0 aromatic carbocycles. The molecule has 0 N–H and O–H groups in total. The first-order valence-electron chi connectivity index (χ1n) is 3.50. The Labute approximate surface area is 74.7 Å². The molecule has 0 nitrogen and oxygen atoms in total. The van der Waals surface area contributed by atoms with Crippen LogP contribution in [0, 0.1) is 27.7 Å². The molecule has 0 saturated heterocycles. The van der Waals surface area contributed by atoms with Crippen molar-refractivity contribution in [1.82, 2.24) is 0 Å². The van der Waals surface area contributed by atoms with Crippen molar-refractivity contribution < 1.29 is 0 Å². The maximum absolute atomic E-state index is 3.54. The summed E-state index contributed by atoms with van der Waals surface area (Å²) in [7, 11) is 0. The molecule has 68 valence electrons. The van der Waals surface area contributed by atoms with Crippen molar-refractivity contribution in [3.63, 3.8) is 0 Å². The van der Waals surface area contributed by atoms with Gasteiger partial charge in [0.2, 0.25) is 0 Å². The quantitative estimate of drug-likeness (QED) is 0.413. The lowest BCUT2D eigenvalue weighted by Gasteiger charge is -1.71. The molecule has 11 heavy (non-hydrogen) atoms. The average molecular weight is 156 g/mol. The van der Waals surface area contributed by atoms with Crippen molar-refractivity contribution in [2.75, 3.05) is 0 Å². The first-order valence-corrected chi connectivity index (χ1v) is 3.50. The topological polar surface area (TPSA) is 0 Å². The Morgan fingerprint density at radius 2 is 1.00 bits per heavy atom. The van der Waals surface area contributed by atoms with Crippen molar-refractivity contribution in [2.45, 2.75) is 33.1 Å². The van der Waals surface area contributed by atoms with E-state index in [-0.39, 0.29) is 7.43 Å². The Hall–Kier alpha value is -0.520. The van der Waals surface area contributed by atoms with Gasteiger partial charge in [0.1, 0.15) is 0 Å². The fourth-order valence-electron chi connectivity index (χ4n) is 0. The van der Waals surface area contributed by atoms with Crippen LogP contribution in [-0.2, 0) is 0 Å². The zero-order chi connectivity index (χ0) is 8.83. The van der Waals surface area contributed by atoms with E-state index in [0.29, 0.717) is 0 Å². The van der Waals surface area contributed by atoms with Crippen molar-refractivity contribution in [3.05, 3.63) is 40.9 Å². The molecule has 0 rings (SSSR count). The van der Waals surface area contributed by atoms with Crippen LogP contribution in [0.2, 0.25) is 0 Å². The van der Waals surface area contributed by atoms with Gasteiger partial charge in [0, 0.05) is 0 Å². The van der Waals surface area contributed by atoms with Crippen LogP contribution in [0.25, 0.3) is 0 Å². The lowest BCUT2D eigenvalue weighted by molar-refractivity contribution is 1.05. The Morgan fingerprint density at radius 3 is 1.00 bits per heavy atom. The second-order valence-corrected chi connectivity index (χ2v) is 1.41. The van der Waals surface area contributed by atoms with Gasteiger partial charge < -0.3 is 13.8 Å². The van der Waals surface area contributed by atoms with Gasteiger partial charge >= 0.3 is 0 Å². The van der Waals surface area contributed by atoms with E-state index in [1.807, 2.05) is 0 Å². The van der Waals surface area contributed by atoms with E-state index in [2.05, 4.69) is 40.9 Å². The summed E-state index contributed by atoms with van der Waals surface area (Å²) in [5.74, 6) is 0. The summed E-state index contributed by atoms with van der Waals surface area (Å²) >= 11 is 0. The molecular weight excluding hydrogens is 132 g/mol. The van der Waals surface area contributed by atoms with Crippen LogP contribution in [0.4, 0.5) is 0 Å². The summed E-state index contributed by atoms with van der Waals surface area (Å²) in [6.45, 7) is 20.2. The summed E-state index contributed by atoms with van der Waals surface area (Å²) in [6, 6.07) is 0. The molecule has 0 saturated carbocycles. The van der Waals surface area contributed by atoms with Gasteiger partial charge in [-0.1, -0.05) is 7.43 Å². The third-order valence-corrected chi connectivity index (χ3v) is 0.500. The van der Waals surface area contributed by atoms with E-state index in [4.69, 9.17) is 0 Å². The molecule has 0 aliphatic heterocycles. The molecule has 0 aliphatic rings. The predicted molar refractivity (Wildman–Crippen MR) is 57.9 cm³/mol. The SMILES string of the molecule is C.C=C.[CH2+]CC[CH2-].[CH2+]CC[CH2-]. The summed E-state index contributed by atoms with van der Waals surface area (Å²) in [6.07, 6.45) is 3.83. The zero-order valence-electron chi connectivity index (χ0n) is 7.07. The largest absolute Gasteiger partial charge is 0.339 e. The van der Waals surface area contributed by atoms with Crippen LogP contribution in [-0.4, -0.2) is 0 Å². The molecule has 0 atom stereocenters. The van der Waals surface area contributed by atoms with E-state index in [1.54, 1.807) is 0 Å². The van der Waals surface area contributed by atoms with Gasteiger partial charge in [0.05, 0.1) is 26.7 Å². The summed E-state index contributed by atoms with van der Waals surface area (Å²) in [5.41, 5.74) is 0. The normalized spacial score (nSPS) is 5.64. The van der Waals surface area contributed by atoms with Crippen LogP contribution in [0.1, 0.15) is 33.1 Å². The molecule has 0 aliphatic carbocycles. The molecule has 0 spiro atoms. The minimum atomic E-state index is 0. The molecule has 0 fully saturated rings. The molecule has 0 unspecified atom stereocenters. The third kappa shape index (κ3) is 242. The van der Waals surface area contributed by atoms with Crippen LogP contribution in [0.5, 0.6) is 0 Å². The minimum Gasteiger partial charge on any atom is -0.339 e. The zero-order valence-corrected chi connectivity index (χ0v) is 7.07. The van der Waals surface area contributed by atoms with Gasteiger partial charge in [0.25, 0.3) is 0 Å². The second-order valence-electron chi connectivity index (χ2n) is 1.41. The van der Waals surface area contributed by atoms with Gasteiger partial charge in [-0.2, -0.15) is 0 Å². The van der Waals surface area contributed by atoms with Crippen molar-refractivity contribution >= 4 is 0 Å². The van der Waals surface area contributed by atoms with Gasteiger partial charge in [-0.05, 0) is 0 Å². The van der Waals surface area contributed by atoms with Crippen LogP contribution >= 0.6 is 0 Å². The summed E-state index contributed by atoms with van der Waals surface area (Å²) in [4.78, 5) is 0. The second kappa shape index (κ2) is 56.3. The Kier molecular flexibility index (Phi) is 115. The maximum Gasteiger partial charge on any atom is 0.0587 e. The highest BCUT2D eigenvalue weighted by molar-refractivity contribution is 4.39. The van der Waals surface area contributed by atoms with E-state index < -0.39 is 0 Å². The first kappa shape index (κ1) is 22.4. The third-order valence-electron chi connectivity index (χ3n) is 0.500. The molecule has 0 aromatic heterocycles. The van der Waals surface area contributed by atoms with Crippen LogP contribution < -0.4 is 0 Å². The monoisotopic (exact) mass is 156 g/mol. The molecule has 0 heterocycles. The summed E-state index contributed by atoms with van der Waals surface area (Å²) in [5, 5.41) is 0. The van der Waals surface area contributed by atoms with E-state index in [9.17, 15) is 0 Å². The van der Waals surface area contributed by atoms with Crippen molar-refractivity contribution in [3.8, 4) is 0 Å². The maximum atomic E-state index is 3.54. The van der Waals surface area contributed by atoms with Crippen LogP contribution in [0.15, 0.2) is 13.2 Å².